The van der Waals surface area contributed by atoms with Crippen LogP contribution in [0.2, 0.25) is 0 Å². The summed E-state index contributed by atoms with van der Waals surface area (Å²) in [5.74, 6) is -0.220. The van der Waals surface area contributed by atoms with Crippen LogP contribution >= 0.6 is 23.2 Å². The lowest BCUT2D eigenvalue weighted by Gasteiger charge is -2.22. The molecule has 0 spiro atoms. The number of alkyl halides is 2. The van der Waals surface area contributed by atoms with E-state index >= 15 is 0 Å². The van der Waals surface area contributed by atoms with Crippen molar-refractivity contribution in [2.75, 3.05) is 29.7 Å². The van der Waals surface area contributed by atoms with Gasteiger partial charge in [-0.15, -0.1) is 23.2 Å². The van der Waals surface area contributed by atoms with E-state index in [0.29, 0.717) is 17.6 Å². The van der Waals surface area contributed by atoms with Gasteiger partial charge in [0, 0.05) is 44.0 Å². The molecule has 0 saturated heterocycles. The van der Waals surface area contributed by atoms with Crippen LogP contribution in [-0.2, 0) is 18.3 Å². The van der Waals surface area contributed by atoms with E-state index in [9.17, 15) is 4.79 Å². The van der Waals surface area contributed by atoms with Crippen molar-refractivity contribution in [3.8, 4) is 0 Å². The van der Waals surface area contributed by atoms with Crippen molar-refractivity contribution < 1.29 is 12.6 Å². The van der Waals surface area contributed by atoms with Crippen molar-refractivity contribution in [1.82, 2.24) is 9.55 Å². The minimum Gasteiger partial charge on any atom is -0.480 e. The highest BCUT2D eigenvalue weighted by atomic mass is 35.5. The molecule has 6 nitrogen and oxygen atoms in total. The highest BCUT2D eigenvalue weighted by Crippen LogP contribution is 2.23. The third-order valence-electron chi connectivity index (χ3n) is 3.78. The van der Waals surface area contributed by atoms with E-state index < -0.39 is 25.1 Å². The third kappa shape index (κ3) is 4.32. The van der Waals surface area contributed by atoms with Gasteiger partial charge in [0.2, 0.25) is 0 Å². The summed E-state index contributed by atoms with van der Waals surface area (Å²) in [6, 6.07) is 4.52. The lowest BCUT2D eigenvalue weighted by Crippen LogP contribution is -2.30. The number of aryl methyl sites for hydroxylation is 2. The number of aliphatic carboxylic acids is 1. The monoisotopic (exact) mass is 374 g/mol. The Labute approximate surface area is 154 Å². The summed E-state index contributed by atoms with van der Waals surface area (Å²) in [5, 5.41) is 8.90. The van der Waals surface area contributed by atoms with Gasteiger partial charge in [-0.3, -0.25) is 4.79 Å². The molecule has 1 aromatic carbocycles. The first-order valence-corrected chi connectivity index (χ1v) is 8.55. The van der Waals surface area contributed by atoms with Crippen LogP contribution < -0.4 is 10.6 Å². The van der Waals surface area contributed by atoms with Crippen LogP contribution in [0.4, 0.5) is 5.69 Å². The third-order valence-corrected chi connectivity index (χ3v) is 4.06. The van der Waals surface area contributed by atoms with Gasteiger partial charge in [-0.25, -0.2) is 4.98 Å². The number of fused-ring (bicyclic) bond motifs is 1. The van der Waals surface area contributed by atoms with E-state index in [0.717, 1.165) is 11.3 Å². The molecule has 24 heavy (non-hydrogen) atoms. The number of halogens is 2. The molecule has 0 bridgehead atoms. The summed E-state index contributed by atoms with van der Waals surface area (Å²) >= 11 is 11.6. The largest absolute Gasteiger partial charge is 0.480 e. The molecular weight excluding hydrogens is 351 g/mol. The Morgan fingerprint density at radius 2 is 2.12 bits per heavy atom. The minimum absolute atomic E-state index is 0.0465. The number of hydrogen-bond donors (Lipinski definition) is 2. The fraction of sp³-hybridized carbons (Fsp3) is 0.500. The first-order chi connectivity index (χ1) is 12.3. The topological polar surface area (TPSA) is 84.4 Å². The van der Waals surface area contributed by atoms with E-state index in [2.05, 4.69) is 4.98 Å². The molecule has 8 heteroatoms. The van der Waals surface area contributed by atoms with Gasteiger partial charge in [-0.05, 0) is 24.6 Å². The minimum atomic E-state index is -1.04. The van der Waals surface area contributed by atoms with Crippen LogP contribution in [0, 0.1) is 0 Å². The van der Waals surface area contributed by atoms with Crippen LogP contribution in [0.25, 0.3) is 11.0 Å². The number of rotatable bonds is 9. The van der Waals surface area contributed by atoms with Crippen molar-refractivity contribution in [3.63, 3.8) is 0 Å². The highest BCUT2D eigenvalue weighted by molar-refractivity contribution is 6.18. The first-order valence-electron chi connectivity index (χ1n) is 8.64. The number of imidazole rings is 1. The molecule has 0 aliphatic heterocycles. The fourth-order valence-electron chi connectivity index (χ4n) is 2.46. The fourth-order valence-corrected chi connectivity index (χ4v) is 2.76. The summed E-state index contributed by atoms with van der Waals surface area (Å²) in [4.78, 5) is 17.0. The summed E-state index contributed by atoms with van der Waals surface area (Å²) in [6.45, 7) is -1.60. The van der Waals surface area contributed by atoms with Crippen LogP contribution in [0.15, 0.2) is 18.2 Å². The maximum atomic E-state index is 10.9. The van der Waals surface area contributed by atoms with Crippen molar-refractivity contribution in [1.29, 1.82) is 0 Å². The molecule has 0 amide bonds. The Morgan fingerprint density at radius 1 is 1.46 bits per heavy atom. The molecule has 2 unspecified atom stereocenters. The number of carboxylic acid groups (broad SMARTS) is 1. The average Bonchev–Trinajstić information content (AvgIpc) is 2.94. The Morgan fingerprint density at radius 3 is 2.71 bits per heavy atom. The zero-order chi connectivity index (χ0) is 19.4. The molecule has 0 saturated carbocycles. The Balaban J connectivity index is 2.34. The van der Waals surface area contributed by atoms with Crippen LogP contribution in [0.5, 0.6) is 0 Å². The average molecular weight is 375 g/mol. The summed E-state index contributed by atoms with van der Waals surface area (Å²) < 4.78 is 18.0. The predicted octanol–water partition coefficient (Wildman–Crippen LogP) is 2.20. The standard InChI is InChI=1S/C16H22Cl2N4O2/c1-21-14-4-2-11(22(8-6-17)9-7-18)10-13(14)20-15(21)5-3-12(19)16(23)24/h2,4,10,12H,3,5-9,19H2,1H3,(H,23,24)/t12-/m0/s1/i8D,9D/t8?,9?,12-. The maximum Gasteiger partial charge on any atom is 0.320 e. The van der Waals surface area contributed by atoms with Gasteiger partial charge in [-0.2, -0.15) is 0 Å². The summed E-state index contributed by atoms with van der Waals surface area (Å²) in [5.41, 5.74) is 7.76. The molecule has 1 heterocycles. The van der Waals surface area contributed by atoms with Gasteiger partial charge in [0.1, 0.15) is 11.9 Å². The lowest BCUT2D eigenvalue weighted by molar-refractivity contribution is -0.138. The van der Waals surface area contributed by atoms with Gasteiger partial charge in [0.05, 0.1) is 13.8 Å². The Hall–Kier alpha value is -1.50. The van der Waals surface area contributed by atoms with E-state index in [1.807, 2.05) is 17.7 Å². The van der Waals surface area contributed by atoms with E-state index in [-0.39, 0.29) is 18.2 Å². The lowest BCUT2D eigenvalue weighted by atomic mass is 10.1. The molecule has 2 rings (SSSR count). The predicted molar refractivity (Wildman–Crippen MR) is 98.3 cm³/mol. The molecular formula is C16H22Cl2N4O2. The van der Waals surface area contributed by atoms with E-state index in [1.54, 1.807) is 12.1 Å². The van der Waals surface area contributed by atoms with Gasteiger partial charge in [0.15, 0.2) is 0 Å². The van der Waals surface area contributed by atoms with Crippen molar-refractivity contribution in [2.45, 2.75) is 18.9 Å². The number of nitrogens with two attached hydrogens (primary N) is 1. The number of nitrogens with zero attached hydrogens (tertiary/aromatic N) is 3. The SMILES string of the molecule is [2H]C(CCl)N(c1ccc2c(c1)nc(CC[C@H](N)C(=O)O)n2C)C([2H])CCl. The Bertz CT molecular complexity index is 764. The van der Waals surface area contributed by atoms with Gasteiger partial charge < -0.3 is 20.3 Å². The number of carbonyl (C=O) groups is 1. The van der Waals surface area contributed by atoms with Gasteiger partial charge in [-0.1, -0.05) is 0 Å². The highest BCUT2D eigenvalue weighted by Gasteiger charge is 2.15. The Kier molecular flexibility index (Phi) is 5.70. The number of carboxylic acids is 1. The summed E-state index contributed by atoms with van der Waals surface area (Å²) in [7, 11) is 1.85. The second kappa shape index (κ2) is 8.55. The number of benzene rings is 1. The van der Waals surface area contributed by atoms with Crippen LogP contribution in [-0.4, -0.2) is 51.5 Å². The number of aromatic nitrogens is 2. The molecule has 0 aliphatic rings. The number of anilines is 1. The zero-order valence-corrected chi connectivity index (χ0v) is 14.8. The molecule has 0 aliphatic carbocycles. The smallest absolute Gasteiger partial charge is 0.320 e. The maximum absolute atomic E-state index is 10.9. The van der Waals surface area contributed by atoms with Crippen molar-refractivity contribution in [2.24, 2.45) is 12.8 Å². The molecule has 0 fully saturated rings. The molecule has 2 aromatic rings. The molecule has 0 radical (unpaired) electrons. The number of hydrogen-bond acceptors (Lipinski definition) is 4. The van der Waals surface area contributed by atoms with Crippen LogP contribution in [0.3, 0.4) is 0 Å². The normalized spacial score (nSPS) is 16.3. The van der Waals surface area contributed by atoms with Crippen molar-refractivity contribution in [3.05, 3.63) is 24.0 Å². The quantitative estimate of drug-likeness (QED) is 0.657. The summed E-state index contributed by atoms with van der Waals surface area (Å²) in [6.07, 6.45) is 0.719. The zero-order valence-electron chi connectivity index (χ0n) is 15.3. The molecule has 132 valence electrons. The molecule has 1 aromatic heterocycles. The second-order valence-corrected chi connectivity index (χ2v) is 5.94. The first kappa shape index (κ1) is 16.0. The van der Waals surface area contributed by atoms with Gasteiger partial charge in [0.25, 0.3) is 0 Å². The van der Waals surface area contributed by atoms with Crippen LogP contribution in [0.1, 0.15) is 15.0 Å². The molecule has 3 atom stereocenters. The van der Waals surface area contributed by atoms with E-state index in [4.69, 9.17) is 36.8 Å². The van der Waals surface area contributed by atoms with Crippen molar-refractivity contribution >= 4 is 45.9 Å². The second-order valence-electron chi connectivity index (χ2n) is 5.32. The van der Waals surface area contributed by atoms with E-state index in [1.165, 1.54) is 4.90 Å². The van der Waals surface area contributed by atoms with Gasteiger partial charge >= 0.3 is 5.97 Å². The molecule has 3 N–H and O–H groups in total.